The van der Waals surface area contributed by atoms with Crippen LogP contribution in [0.5, 0.6) is 5.75 Å². The SMILES string of the molecule is COc1cccc(CNC(=O)Cn2c(SC(F)F)nc3ccccc32)c1. The number of carbonyl (C=O) groups is 1. The van der Waals surface area contributed by atoms with Crippen LogP contribution in [0.2, 0.25) is 0 Å². The van der Waals surface area contributed by atoms with Crippen LogP contribution in [-0.2, 0) is 17.9 Å². The number of hydrogen-bond acceptors (Lipinski definition) is 4. The molecule has 136 valence electrons. The molecule has 1 heterocycles. The fourth-order valence-corrected chi connectivity index (χ4v) is 3.16. The molecule has 0 bridgehead atoms. The summed E-state index contributed by atoms with van der Waals surface area (Å²) in [5.74, 6) is -2.19. The van der Waals surface area contributed by atoms with Crippen LogP contribution in [0.3, 0.4) is 0 Å². The number of ether oxygens (including phenoxy) is 1. The third kappa shape index (κ3) is 4.32. The van der Waals surface area contributed by atoms with E-state index in [2.05, 4.69) is 10.3 Å². The van der Waals surface area contributed by atoms with Gasteiger partial charge in [-0.3, -0.25) is 4.79 Å². The van der Waals surface area contributed by atoms with E-state index < -0.39 is 5.76 Å². The minimum absolute atomic E-state index is 0.0838. The lowest BCUT2D eigenvalue weighted by molar-refractivity contribution is -0.121. The van der Waals surface area contributed by atoms with E-state index in [0.717, 1.165) is 5.56 Å². The van der Waals surface area contributed by atoms with Crippen molar-refractivity contribution in [2.24, 2.45) is 0 Å². The molecule has 26 heavy (non-hydrogen) atoms. The second-order valence-electron chi connectivity index (χ2n) is 5.48. The highest BCUT2D eigenvalue weighted by atomic mass is 32.2. The van der Waals surface area contributed by atoms with Gasteiger partial charge in [0.25, 0.3) is 5.76 Å². The zero-order chi connectivity index (χ0) is 18.5. The van der Waals surface area contributed by atoms with Crippen LogP contribution in [0.4, 0.5) is 8.78 Å². The van der Waals surface area contributed by atoms with Crippen molar-refractivity contribution in [3.63, 3.8) is 0 Å². The average molecular weight is 377 g/mol. The normalized spacial score (nSPS) is 11.1. The molecule has 1 aromatic heterocycles. The quantitative estimate of drug-likeness (QED) is 0.638. The Morgan fingerprint density at radius 1 is 1.27 bits per heavy atom. The molecule has 2 aromatic carbocycles. The van der Waals surface area contributed by atoms with E-state index in [0.29, 0.717) is 35.1 Å². The highest BCUT2D eigenvalue weighted by Crippen LogP contribution is 2.28. The van der Waals surface area contributed by atoms with Crippen molar-refractivity contribution < 1.29 is 18.3 Å². The molecule has 0 aliphatic carbocycles. The maximum atomic E-state index is 12.8. The number of fused-ring (bicyclic) bond motifs is 1. The summed E-state index contributed by atoms with van der Waals surface area (Å²) in [7, 11) is 1.57. The van der Waals surface area contributed by atoms with Gasteiger partial charge in [-0.05, 0) is 41.6 Å². The van der Waals surface area contributed by atoms with E-state index in [-0.39, 0.29) is 17.6 Å². The minimum atomic E-state index is -2.61. The fraction of sp³-hybridized carbons (Fsp3) is 0.222. The number of imidazole rings is 1. The second-order valence-corrected chi connectivity index (χ2v) is 6.43. The van der Waals surface area contributed by atoms with Crippen LogP contribution < -0.4 is 10.1 Å². The third-order valence-electron chi connectivity index (χ3n) is 3.74. The summed E-state index contributed by atoms with van der Waals surface area (Å²) in [5.41, 5.74) is 2.11. The van der Waals surface area contributed by atoms with Crippen LogP contribution in [0.15, 0.2) is 53.7 Å². The zero-order valence-electron chi connectivity index (χ0n) is 14.0. The summed E-state index contributed by atoms with van der Waals surface area (Å²) >= 11 is 0.334. The van der Waals surface area contributed by atoms with E-state index in [1.54, 1.807) is 31.4 Å². The maximum absolute atomic E-state index is 12.8. The van der Waals surface area contributed by atoms with Gasteiger partial charge in [0, 0.05) is 6.54 Å². The Labute approximate surface area is 153 Å². The number of alkyl halides is 2. The van der Waals surface area contributed by atoms with Gasteiger partial charge < -0.3 is 14.6 Å². The number of rotatable bonds is 7. The topological polar surface area (TPSA) is 56.1 Å². The van der Waals surface area contributed by atoms with Crippen LogP contribution in [-0.4, -0.2) is 28.3 Å². The monoisotopic (exact) mass is 377 g/mol. The van der Waals surface area contributed by atoms with Gasteiger partial charge in [-0.25, -0.2) is 4.98 Å². The van der Waals surface area contributed by atoms with Crippen LogP contribution >= 0.6 is 11.8 Å². The van der Waals surface area contributed by atoms with E-state index in [4.69, 9.17) is 4.74 Å². The Morgan fingerprint density at radius 3 is 2.85 bits per heavy atom. The van der Waals surface area contributed by atoms with Crippen LogP contribution in [0.25, 0.3) is 11.0 Å². The summed E-state index contributed by atoms with van der Waals surface area (Å²) in [4.78, 5) is 16.5. The molecule has 8 heteroatoms. The first-order chi connectivity index (χ1) is 12.6. The van der Waals surface area contributed by atoms with Crippen molar-refractivity contribution >= 4 is 28.7 Å². The zero-order valence-corrected chi connectivity index (χ0v) is 14.8. The number of amides is 1. The molecule has 5 nitrogen and oxygen atoms in total. The number of thioether (sulfide) groups is 1. The maximum Gasteiger partial charge on any atom is 0.291 e. The number of nitrogens with one attached hydrogen (secondary N) is 1. The van der Waals surface area contributed by atoms with Crippen molar-refractivity contribution in [2.45, 2.75) is 24.0 Å². The minimum Gasteiger partial charge on any atom is -0.497 e. The highest BCUT2D eigenvalue weighted by molar-refractivity contribution is 7.99. The molecular formula is C18H17F2N3O2S. The number of halogens is 2. The number of para-hydroxylation sites is 2. The van der Waals surface area contributed by atoms with Gasteiger partial charge in [0.1, 0.15) is 12.3 Å². The van der Waals surface area contributed by atoms with Gasteiger partial charge in [-0.15, -0.1) is 0 Å². The number of nitrogens with zero attached hydrogens (tertiary/aromatic N) is 2. The molecular weight excluding hydrogens is 360 g/mol. The average Bonchev–Trinajstić information content (AvgIpc) is 2.97. The predicted octanol–water partition coefficient (Wildman–Crippen LogP) is 3.68. The fourth-order valence-electron chi connectivity index (χ4n) is 2.56. The molecule has 3 aromatic rings. The largest absolute Gasteiger partial charge is 0.497 e. The van der Waals surface area contributed by atoms with E-state index in [1.165, 1.54) is 4.57 Å². The lowest BCUT2D eigenvalue weighted by Gasteiger charge is -2.10. The summed E-state index contributed by atoms with van der Waals surface area (Å²) < 4.78 is 32.3. The molecule has 0 radical (unpaired) electrons. The van der Waals surface area contributed by atoms with Gasteiger partial charge in [0.2, 0.25) is 5.91 Å². The number of methoxy groups -OCH3 is 1. The molecule has 0 aliphatic rings. The van der Waals surface area contributed by atoms with Gasteiger partial charge in [-0.2, -0.15) is 8.78 Å². The molecule has 0 saturated carbocycles. The molecule has 1 N–H and O–H groups in total. The Kier molecular flexibility index (Phi) is 5.72. The predicted molar refractivity (Wildman–Crippen MR) is 96.4 cm³/mol. The molecule has 0 saturated heterocycles. The number of hydrogen-bond donors (Lipinski definition) is 1. The first kappa shape index (κ1) is 18.2. The van der Waals surface area contributed by atoms with Crippen molar-refractivity contribution in [1.82, 2.24) is 14.9 Å². The summed E-state index contributed by atoms with van der Waals surface area (Å²) in [6.07, 6.45) is 0. The molecule has 3 rings (SSSR count). The third-order valence-corrected chi connectivity index (χ3v) is 4.44. The lowest BCUT2D eigenvalue weighted by Crippen LogP contribution is -2.27. The van der Waals surface area contributed by atoms with Crippen LogP contribution in [0, 0.1) is 0 Å². The van der Waals surface area contributed by atoms with Gasteiger partial charge in [0.15, 0.2) is 5.16 Å². The molecule has 1 amide bonds. The first-order valence-electron chi connectivity index (χ1n) is 7.86. The molecule has 0 aliphatic heterocycles. The molecule has 0 spiro atoms. The van der Waals surface area contributed by atoms with Crippen molar-refractivity contribution in [2.75, 3.05) is 7.11 Å². The van der Waals surface area contributed by atoms with Gasteiger partial charge in [0.05, 0.1) is 18.1 Å². The van der Waals surface area contributed by atoms with E-state index >= 15 is 0 Å². The summed E-state index contributed by atoms with van der Waals surface area (Å²) in [6, 6.07) is 14.4. The van der Waals surface area contributed by atoms with Crippen molar-refractivity contribution in [3.05, 3.63) is 54.1 Å². The number of carbonyl (C=O) groups excluding carboxylic acids is 1. The van der Waals surface area contributed by atoms with Crippen LogP contribution in [0.1, 0.15) is 5.56 Å². The molecule has 0 unspecified atom stereocenters. The molecule has 0 atom stereocenters. The van der Waals surface area contributed by atoms with Crippen molar-refractivity contribution in [3.8, 4) is 5.75 Å². The number of benzene rings is 2. The second kappa shape index (κ2) is 8.18. The highest BCUT2D eigenvalue weighted by Gasteiger charge is 2.17. The summed E-state index contributed by atoms with van der Waals surface area (Å²) in [5, 5.41) is 2.92. The first-order valence-corrected chi connectivity index (χ1v) is 8.74. The van der Waals surface area contributed by atoms with E-state index in [1.807, 2.05) is 24.3 Å². The molecule has 0 fully saturated rings. The Bertz CT molecular complexity index is 914. The lowest BCUT2D eigenvalue weighted by atomic mass is 10.2. The smallest absolute Gasteiger partial charge is 0.291 e. The van der Waals surface area contributed by atoms with Gasteiger partial charge in [-0.1, -0.05) is 24.3 Å². The Balaban J connectivity index is 1.74. The standard InChI is InChI=1S/C18H17F2N3O2S/c1-25-13-6-4-5-12(9-13)10-21-16(24)11-23-15-8-3-2-7-14(15)22-18(23)26-17(19)20/h2-9,17H,10-11H2,1H3,(H,21,24). The van der Waals surface area contributed by atoms with Gasteiger partial charge >= 0.3 is 0 Å². The van der Waals surface area contributed by atoms with Crippen molar-refractivity contribution in [1.29, 1.82) is 0 Å². The Morgan fingerprint density at radius 2 is 2.08 bits per heavy atom. The summed E-state index contributed by atoms with van der Waals surface area (Å²) in [6.45, 7) is 0.236. The van der Waals surface area contributed by atoms with E-state index in [9.17, 15) is 13.6 Å². The Hall–Kier alpha value is -2.61. The number of aromatic nitrogens is 2.